The van der Waals surface area contributed by atoms with Crippen molar-refractivity contribution in [3.8, 4) is 5.75 Å². The summed E-state index contributed by atoms with van der Waals surface area (Å²) < 4.78 is 19.6. The molecule has 3 rings (SSSR count). The molecule has 0 amide bonds. The van der Waals surface area contributed by atoms with Crippen molar-refractivity contribution in [2.24, 2.45) is 0 Å². The topological polar surface area (TPSA) is 21.3 Å². The zero-order chi connectivity index (χ0) is 19.9. The second-order valence-electron chi connectivity index (χ2n) is 6.29. The van der Waals surface area contributed by atoms with Gasteiger partial charge in [-0.05, 0) is 54.9 Å². The fourth-order valence-corrected chi connectivity index (χ4v) is 3.47. The van der Waals surface area contributed by atoms with Crippen LogP contribution in [0.2, 0.25) is 15.1 Å². The van der Waals surface area contributed by atoms with E-state index in [0.717, 1.165) is 24.1 Å². The van der Waals surface area contributed by atoms with Gasteiger partial charge in [0.15, 0.2) is 0 Å². The molecule has 6 heteroatoms. The minimum Gasteiger partial charge on any atom is -0.488 e. The van der Waals surface area contributed by atoms with E-state index in [2.05, 4.69) is 5.32 Å². The van der Waals surface area contributed by atoms with Gasteiger partial charge in [-0.25, -0.2) is 4.39 Å². The number of nitrogens with one attached hydrogen (secondary N) is 1. The largest absolute Gasteiger partial charge is 0.488 e. The molecule has 28 heavy (non-hydrogen) atoms. The van der Waals surface area contributed by atoms with Crippen molar-refractivity contribution in [3.05, 3.63) is 98.2 Å². The van der Waals surface area contributed by atoms with Crippen LogP contribution in [0.4, 0.5) is 4.39 Å². The minimum absolute atomic E-state index is 0.154. The number of hydrogen-bond donors (Lipinski definition) is 1. The molecule has 0 fully saturated rings. The van der Waals surface area contributed by atoms with E-state index in [-0.39, 0.29) is 12.4 Å². The van der Waals surface area contributed by atoms with Crippen LogP contribution in [-0.4, -0.2) is 6.54 Å². The molecule has 3 aromatic carbocycles. The summed E-state index contributed by atoms with van der Waals surface area (Å²) in [6, 6.07) is 17.5. The van der Waals surface area contributed by atoms with Gasteiger partial charge in [-0.15, -0.1) is 0 Å². The normalized spacial score (nSPS) is 10.9. The van der Waals surface area contributed by atoms with Crippen molar-refractivity contribution >= 4 is 34.8 Å². The lowest BCUT2D eigenvalue weighted by Crippen LogP contribution is -2.17. The maximum absolute atomic E-state index is 13.8. The van der Waals surface area contributed by atoms with E-state index in [1.54, 1.807) is 36.4 Å². The van der Waals surface area contributed by atoms with E-state index in [1.807, 2.05) is 18.2 Å². The quantitative estimate of drug-likeness (QED) is 0.395. The molecule has 0 heterocycles. The lowest BCUT2D eigenvalue weighted by Gasteiger charge is -2.13. The Labute approximate surface area is 179 Å². The summed E-state index contributed by atoms with van der Waals surface area (Å²) in [5.41, 5.74) is 2.44. The summed E-state index contributed by atoms with van der Waals surface area (Å²) in [6.45, 7) is 1.45. The number of rotatable bonds is 8. The Bertz CT molecular complexity index is 949. The third-order valence-corrected chi connectivity index (χ3v) is 5.09. The third-order valence-electron chi connectivity index (χ3n) is 4.27. The predicted molar refractivity (Wildman–Crippen MR) is 114 cm³/mol. The average Bonchev–Trinajstić information content (AvgIpc) is 2.67. The van der Waals surface area contributed by atoms with Crippen LogP contribution >= 0.6 is 34.8 Å². The first kappa shape index (κ1) is 20.9. The summed E-state index contributed by atoms with van der Waals surface area (Å²) in [6.07, 6.45) is 0.766. The second-order valence-corrected chi connectivity index (χ2v) is 7.57. The highest BCUT2D eigenvalue weighted by Crippen LogP contribution is 2.25. The van der Waals surface area contributed by atoms with Crippen LogP contribution in [0.25, 0.3) is 0 Å². The molecule has 0 unspecified atom stereocenters. The lowest BCUT2D eigenvalue weighted by atomic mass is 10.1. The van der Waals surface area contributed by atoms with Crippen molar-refractivity contribution in [2.75, 3.05) is 6.54 Å². The van der Waals surface area contributed by atoms with Crippen molar-refractivity contribution < 1.29 is 9.13 Å². The SMILES string of the molecule is Fc1ccccc1COc1ccc(Cl)cc1CNCCc1ccc(Cl)cc1Cl. The molecule has 3 aromatic rings. The van der Waals surface area contributed by atoms with Gasteiger partial charge in [-0.3, -0.25) is 0 Å². The predicted octanol–water partition coefficient (Wildman–Crippen LogP) is 6.70. The summed E-state index contributed by atoms with van der Waals surface area (Å²) in [4.78, 5) is 0. The third kappa shape index (κ3) is 5.86. The van der Waals surface area contributed by atoms with Crippen LogP contribution in [0, 0.1) is 5.82 Å². The number of ether oxygens (including phenoxy) is 1. The smallest absolute Gasteiger partial charge is 0.129 e. The Kier molecular flexibility index (Phi) is 7.57. The molecule has 1 N–H and O–H groups in total. The maximum Gasteiger partial charge on any atom is 0.129 e. The van der Waals surface area contributed by atoms with Crippen LogP contribution in [-0.2, 0) is 19.6 Å². The average molecular weight is 439 g/mol. The van der Waals surface area contributed by atoms with Crippen LogP contribution in [0.3, 0.4) is 0 Å². The van der Waals surface area contributed by atoms with Crippen molar-refractivity contribution in [2.45, 2.75) is 19.6 Å². The van der Waals surface area contributed by atoms with Gasteiger partial charge in [0.1, 0.15) is 18.2 Å². The molecular formula is C22H19Cl3FNO. The second kappa shape index (κ2) is 10.1. The van der Waals surface area contributed by atoms with E-state index in [9.17, 15) is 4.39 Å². The molecule has 0 spiro atoms. The minimum atomic E-state index is -0.281. The molecule has 146 valence electrons. The first-order valence-corrected chi connectivity index (χ1v) is 9.95. The molecule has 0 bridgehead atoms. The Morgan fingerprint density at radius 1 is 0.821 bits per heavy atom. The van der Waals surface area contributed by atoms with E-state index in [0.29, 0.717) is 32.9 Å². The molecule has 0 aliphatic carbocycles. The molecule has 0 atom stereocenters. The van der Waals surface area contributed by atoms with Gasteiger partial charge in [0.2, 0.25) is 0 Å². The zero-order valence-corrected chi connectivity index (χ0v) is 17.3. The molecule has 0 radical (unpaired) electrons. The highest BCUT2D eigenvalue weighted by atomic mass is 35.5. The van der Waals surface area contributed by atoms with Gasteiger partial charge >= 0.3 is 0 Å². The summed E-state index contributed by atoms with van der Waals surface area (Å²) in [7, 11) is 0. The maximum atomic E-state index is 13.8. The molecule has 2 nitrogen and oxygen atoms in total. The van der Waals surface area contributed by atoms with Gasteiger partial charge in [0.05, 0.1) is 0 Å². The van der Waals surface area contributed by atoms with Crippen LogP contribution < -0.4 is 10.1 Å². The standard InChI is InChI=1S/C22H19Cl3FNO/c23-18-7-8-22(28-14-16-3-1-2-4-21(16)26)17(11-18)13-27-10-9-15-5-6-19(24)12-20(15)25/h1-8,11-12,27H,9-10,13-14H2. The number of benzene rings is 3. The number of halogens is 4. The van der Waals surface area contributed by atoms with Crippen molar-refractivity contribution in [3.63, 3.8) is 0 Å². The fraction of sp³-hybridized carbons (Fsp3) is 0.182. The van der Waals surface area contributed by atoms with Gasteiger partial charge in [-0.1, -0.05) is 59.1 Å². The summed E-state index contributed by atoms with van der Waals surface area (Å²) in [5, 5.41) is 5.27. The summed E-state index contributed by atoms with van der Waals surface area (Å²) in [5.74, 6) is 0.390. The summed E-state index contributed by atoms with van der Waals surface area (Å²) >= 11 is 18.3. The molecule has 0 aliphatic rings. The van der Waals surface area contributed by atoms with E-state index in [4.69, 9.17) is 39.5 Å². The zero-order valence-electron chi connectivity index (χ0n) is 15.0. The van der Waals surface area contributed by atoms with E-state index < -0.39 is 0 Å². The molecule has 0 aromatic heterocycles. The van der Waals surface area contributed by atoms with Crippen molar-refractivity contribution in [1.82, 2.24) is 5.32 Å². The molecular weight excluding hydrogens is 420 g/mol. The van der Waals surface area contributed by atoms with Crippen molar-refractivity contribution in [1.29, 1.82) is 0 Å². The Hall–Kier alpha value is -1.78. The first-order valence-electron chi connectivity index (χ1n) is 8.82. The molecule has 0 saturated heterocycles. The van der Waals surface area contributed by atoms with Gasteiger partial charge in [0, 0.05) is 32.7 Å². The molecule has 0 saturated carbocycles. The Balaban J connectivity index is 1.58. The van der Waals surface area contributed by atoms with E-state index in [1.165, 1.54) is 6.07 Å². The monoisotopic (exact) mass is 437 g/mol. The van der Waals surface area contributed by atoms with Gasteiger partial charge in [-0.2, -0.15) is 0 Å². The lowest BCUT2D eigenvalue weighted by molar-refractivity contribution is 0.296. The van der Waals surface area contributed by atoms with E-state index >= 15 is 0 Å². The Morgan fingerprint density at radius 3 is 2.36 bits per heavy atom. The van der Waals surface area contributed by atoms with Gasteiger partial charge < -0.3 is 10.1 Å². The van der Waals surface area contributed by atoms with Gasteiger partial charge in [0.25, 0.3) is 0 Å². The molecule has 0 aliphatic heterocycles. The fourth-order valence-electron chi connectivity index (χ4n) is 2.77. The van der Waals surface area contributed by atoms with Crippen LogP contribution in [0.15, 0.2) is 60.7 Å². The van der Waals surface area contributed by atoms with Crippen LogP contribution in [0.1, 0.15) is 16.7 Å². The highest BCUT2D eigenvalue weighted by molar-refractivity contribution is 6.35. The Morgan fingerprint density at radius 2 is 1.57 bits per heavy atom. The number of hydrogen-bond acceptors (Lipinski definition) is 2. The first-order chi connectivity index (χ1) is 13.5. The highest BCUT2D eigenvalue weighted by Gasteiger charge is 2.08. The van der Waals surface area contributed by atoms with Crippen LogP contribution in [0.5, 0.6) is 5.75 Å².